The molecule has 2 bridgehead atoms. The SMILES string of the molecule is Cc1ccc(-c2cc3c(cc2C)C2CCC3CC2)[n+](C)c1. The Labute approximate surface area is 127 Å². The van der Waals surface area contributed by atoms with Gasteiger partial charge >= 0.3 is 0 Å². The molecule has 0 N–H and O–H groups in total. The molecule has 0 spiro atoms. The predicted octanol–water partition coefficient (Wildman–Crippen LogP) is 4.55. The molecule has 3 aliphatic rings. The highest BCUT2D eigenvalue weighted by atomic mass is 14.9. The van der Waals surface area contributed by atoms with Crippen molar-refractivity contribution in [2.24, 2.45) is 7.05 Å². The van der Waals surface area contributed by atoms with E-state index in [9.17, 15) is 0 Å². The van der Waals surface area contributed by atoms with Gasteiger partial charge in [-0.05, 0) is 80.2 Å². The molecule has 2 aromatic rings. The third-order valence-electron chi connectivity index (χ3n) is 5.59. The summed E-state index contributed by atoms with van der Waals surface area (Å²) in [6, 6.07) is 9.48. The zero-order valence-electron chi connectivity index (χ0n) is 13.3. The van der Waals surface area contributed by atoms with Gasteiger partial charge in [0.2, 0.25) is 5.69 Å². The fourth-order valence-corrected chi connectivity index (χ4v) is 4.47. The summed E-state index contributed by atoms with van der Waals surface area (Å²) in [4.78, 5) is 0. The Hall–Kier alpha value is -1.63. The standard InChI is InChI=1S/C20H24N/c1-13-4-9-20(21(3)12-13)17-11-19-16-7-5-15(6-8-16)18(19)10-14(17)2/h4,9-12,15-16H,5-8H2,1-3H3/q+1. The molecule has 1 aromatic heterocycles. The molecule has 1 saturated carbocycles. The number of pyridine rings is 1. The van der Waals surface area contributed by atoms with E-state index in [1.807, 2.05) is 0 Å². The van der Waals surface area contributed by atoms with E-state index in [-0.39, 0.29) is 0 Å². The van der Waals surface area contributed by atoms with Crippen LogP contribution < -0.4 is 4.57 Å². The predicted molar refractivity (Wildman–Crippen MR) is 86.5 cm³/mol. The maximum Gasteiger partial charge on any atom is 0.212 e. The van der Waals surface area contributed by atoms with Crippen molar-refractivity contribution < 1.29 is 4.57 Å². The lowest BCUT2D eigenvalue weighted by Crippen LogP contribution is -2.31. The van der Waals surface area contributed by atoms with Crippen LogP contribution in [0.4, 0.5) is 0 Å². The number of nitrogens with zero attached hydrogens (tertiary/aromatic N) is 1. The minimum absolute atomic E-state index is 0.820. The van der Waals surface area contributed by atoms with Crippen molar-refractivity contribution in [1.82, 2.24) is 0 Å². The lowest BCUT2D eigenvalue weighted by Gasteiger charge is -2.38. The number of hydrogen-bond acceptors (Lipinski definition) is 0. The van der Waals surface area contributed by atoms with Crippen molar-refractivity contribution in [2.45, 2.75) is 51.4 Å². The molecular weight excluding hydrogens is 254 g/mol. The Morgan fingerprint density at radius 2 is 1.52 bits per heavy atom. The Balaban J connectivity index is 1.89. The van der Waals surface area contributed by atoms with E-state index in [1.165, 1.54) is 48.1 Å². The molecule has 0 amide bonds. The maximum atomic E-state index is 2.51. The third kappa shape index (κ3) is 2.02. The summed E-state index contributed by atoms with van der Waals surface area (Å²) in [6.45, 7) is 4.43. The van der Waals surface area contributed by atoms with E-state index in [2.05, 4.69) is 55.9 Å². The van der Waals surface area contributed by atoms with Crippen molar-refractivity contribution in [3.63, 3.8) is 0 Å². The summed E-state index contributed by atoms with van der Waals surface area (Å²) < 4.78 is 2.27. The number of fused-ring (bicyclic) bond motifs is 2. The minimum atomic E-state index is 0.820. The van der Waals surface area contributed by atoms with E-state index in [1.54, 1.807) is 11.1 Å². The first-order valence-corrected chi connectivity index (χ1v) is 8.24. The van der Waals surface area contributed by atoms with Crippen LogP contribution in [0, 0.1) is 13.8 Å². The van der Waals surface area contributed by atoms with Crippen molar-refractivity contribution in [3.05, 3.63) is 52.7 Å². The second-order valence-electron chi connectivity index (χ2n) is 7.05. The van der Waals surface area contributed by atoms with Crippen LogP contribution in [0.25, 0.3) is 11.3 Å². The van der Waals surface area contributed by atoms with Crippen molar-refractivity contribution in [3.8, 4) is 11.3 Å². The molecule has 1 fully saturated rings. The number of benzene rings is 1. The number of hydrogen-bond donors (Lipinski definition) is 0. The van der Waals surface area contributed by atoms with Gasteiger partial charge in [0, 0.05) is 17.2 Å². The third-order valence-corrected chi connectivity index (χ3v) is 5.59. The van der Waals surface area contributed by atoms with Crippen LogP contribution in [0.1, 0.15) is 59.8 Å². The topological polar surface area (TPSA) is 3.88 Å². The summed E-state index contributed by atoms with van der Waals surface area (Å²) in [5, 5.41) is 0. The molecule has 0 atom stereocenters. The Morgan fingerprint density at radius 1 is 0.905 bits per heavy atom. The first kappa shape index (κ1) is 13.1. The highest BCUT2D eigenvalue weighted by Crippen LogP contribution is 2.50. The summed E-state index contributed by atoms with van der Waals surface area (Å²) in [5.74, 6) is 1.66. The van der Waals surface area contributed by atoms with Crippen molar-refractivity contribution >= 4 is 0 Å². The van der Waals surface area contributed by atoms with Crippen LogP contribution in [0.5, 0.6) is 0 Å². The largest absolute Gasteiger partial charge is 0.212 e. The van der Waals surface area contributed by atoms with Gasteiger partial charge < -0.3 is 0 Å². The molecule has 5 rings (SSSR count). The zero-order valence-corrected chi connectivity index (χ0v) is 13.3. The van der Waals surface area contributed by atoms with E-state index < -0.39 is 0 Å². The van der Waals surface area contributed by atoms with Gasteiger partial charge in [-0.2, -0.15) is 0 Å². The van der Waals surface area contributed by atoms with E-state index in [4.69, 9.17) is 0 Å². The van der Waals surface area contributed by atoms with Gasteiger partial charge in [0.25, 0.3) is 0 Å². The Kier molecular flexibility index (Phi) is 2.92. The second-order valence-corrected chi connectivity index (χ2v) is 7.05. The van der Waals surface area contributed by atoms with Crippen LogP contribution in [-0.4, -0.2) is 0 Å². The second kappa shape index (κ2) is 4.69. The van der Waals surface area contributed by atoms with Gasteiger partial charge in [0.05, 0.1) is 0 Å². The molecule has 1 aromatic carbocycles. The van der Waals surface area contributed by atoms with Crippen LogP contribution in [0.2, 0.25) is 0 Å². The molecule has 0 radical (unpaired) electrons. The smallest absolute Gasteiger partial charge is 0.201 e. The van der Waals surface area contributed by atoms with Crippen LogP contribution in [-0.2, 0) is 7.05 Å². The molecular formula is C20H24N+. The quantitative estimate of drug-likeness (QED) is 0.674. The van der Waals surface area contributed by atoms with E-state index >= 15 is 0 Å². The van der Waals surface area contributed by atoms with Gasteiger partial charge in [0.15, 0.2) is 6.20 Å². The van der Waals surface area contributed by atoms with E-state index in [0.717, 1.165) is 11.8 Å². The number of rotatable bonds is 1. The van der Waals surface area contributed by atoms with Gasteiger partial charge in [-0.25, -0.2) is 4.57 Å². The normalized spacial score (nSPS) is 23.2. The minimum Gasteiger partial charge on any atom is -0.201 e. The molecule has 1 heterocycles. The summed E-state index contributed by atoms with van der Waals surface area (Å²) in [7, 11) is 2.16. The average molecular weight is 278 g/mol. The fourth-order valence-electron chi connectivity index (χ4n) is 4.47. The van der Waals surface area contributed by atoms with Crippen LogP contribution in [0.3, 0.4) is 0 Å². The molecule has 1 nitrogen and oxygen atoms in total. The first-order chi connectivity index (χ1) is 10.1. The van der Waals surface area contributed by atoms with Crippen molar-refractivity contribution in [2.75, 3.05) is 0 Å². The summed E-state index contributed by atoms with van der Waals surface area (Å²) in [6.07, 6.45) is 7.85. The van der Waals surface area contributed by atoms with Crippen molar-refractivity contribution in [1.29, 1.82) is 0 Å². The number of aromatic nitrogens is 1. The lowest BCUT2D eigenvalue weighted by atomic mass is 9.66. The Morgan fingerprint density at radius 3 is 2.14 bits per heavy atom. The molecule has 1 heteroatoms. The fraction of sp³-hybridized carbons (Fsp3) is 0.450. The summed E-state index contributed by atoms with van der Waals surface area (Å²) in [5.41, 5.74) is 8.81. The van der Waals surface area contributed by atoms with Gasteiger partial charge in [-0.3, -0.25) is 0 Å². The zero-order chi connectivity index (χ0) is 14.6. The van der Waals surface area contributed by atoms with Gasteiger partial charge in [-0.1, -0.05) is 6.07 Å². The highest BCUT2D eigenvalue weighted by molar-refractivity contribution is 5.64. The van der Waals surface area contributed by atoms with Crippen LogP contribution in [0.15, 0.2) is 30.5 Å². The van der Waals surface area contributed by atoms with Crippen LogP contribution >= 0.6 is 0 Å². The number of aryl methyl sites for hydroxylation is 3. The maximum absolute atomic E-state index is 2.51. The first-order valence-electron chi connectivity index (χ1n) is 8.24. The molecule has 0 aliphatic heterocycles. The molecule has 3 aliphatic carbocycles. The Bertz CT molecular complexity index is 706. The molecule has 0 saturated heterocycles. The van der Waals surface area contributed by atoms with E-state index in [0.29, 0.717) is 0 Å². The average Bonchev–Trinajstić information content (AvgIpc) is 2.48. The summed E-state index contributed by atoms with van der Waals surface area (Å²) >= 11 is 0. The molecule has 108 valence electrons. The highest BCUT2D eigenvalue weighted by Gasteiger charge is 2.33. The molecule has 0 unspecified atom stereocenters. The lowest BCUT2D eigenvalue weighted by molar-refractivity contribution is -0.660. The molecule has 21 heavy (non-hydrogen) atoms. The monoisotopic (exact) mass is 278 g/mol. The van der Waals surface area contributed by atoms with Gasteiger partial charge in [0.1, 0.15) is 7.05 Å². The van der Waals surface area contributed by atoms with Gasteiger partial charge in [-0.15, -0.1) is 0 Å².